The lowest BCUT2D eigenvalue weighted by Crippen LogP contribution is -2.23. The van der Waals surface area contributed by atoms with E-state index < -0.39 is 6.10 Å². The Morgan fingerprint density at radius 1 is 0.577 bits per heavy atom. The van der Waals surface area contributed by atoms with Crippen molar-refractivity contribution in [1.29, 1.82) is 0 Å². The van der Waals surface area contributed by atoms with Gasteiger partial charge in [-0.15, -0.1) is 0 Å². The van der Waals surface area contributed by atoms with Gasteiger partial charge >= 0.3 is 0 Å². The van der Waals surface area contributed by atoms with Crippen LogP contribution in [0.2, 0.25) is 0 Å². The van der Waals surface area contributed by atoms with E-state index in [1.165, 1.54) is 38.5 Å². The molecule has 0 spiro atoms. The molecular weight excluding hydrogens is 324 g/mol. The summed E-state index contributed by atoms with van der Waals surface area (Å²) in [6.45, 7) is 16.0. The topological polar surface area (TPSA) is 38.7 Å². The molecule has 0 aromatic carbocycles. The van der Waals surface area contributed by atoms with Gasteiger partial charge in [0.15, 0.2) is 0 Å². The van der Waals surface area contributed by atoms with Gasteiger partial charge in [-0.1, -0.05) is 80.1 Å². The van der Waals surface area contributed by atoms with Gasteiger partial charge in [0, 0.05) is 13.2 Å². The maximum Gasteiger partial charge on any atom is 0.101 e. The van der Waals surface area contributed by atoms with E-state index in [0.717, 1.165) is 37.9 Å². The summed E-state index contributed by atoms with van der Waals surface area (Å²) in [5.74, 6) is 3.02. The Balaban J connectivity index is 3.44. The minimum atomic E-state index is -0.498. The van der Waals surface area contributed by atoms with E-state index in [1.807, 2.05) is 0 Å². The number of hydrogen-bond donors (Lipinski definition) is 1. The van der Waals surface area contributed by atoms with Crippen LogP contribution in [0.1, 0.15) is 92.9 Å². The molecule has 0 bridgehead atoms. The maximum atomic E-state index is 9.93. The Morgan fingerprint density at radius 3 is 1.31 bits per heavy atom. The minimum absolute atomic E-state index is 0.392. The number of aliphatic hydroxyl groups excluding tert-OH is 1. The van der Waals surface area contributed by atoms with Crippen molar-refractivity contribution in [3.63, 3.8) is 0 Å². The molecule has 0 amide bonds. The molecule has 0 aromatic rings. The molecule has 0 saturated heterocycles. The molecule has 26 heavy (non-hydrogen) atoms. The second-order valence-corrected chi connectivity index (χ2v) is 9.24. The van der Waals surface area contributed by atoms with Crippen LogP contribution in [-0.2, 0) is 9.47 Å². The highest BCUT2D eigenvalue weighted by Crippen LogP contribution is 2.16. The third kappa shape index (κ3) is 18.7. The highest BCUT2D eigenvalue weighted by atomic mass is 16.5. The molecule has 0 radical (unpaired) electrons. The monoisotopic (exact) mass is 372 g/mol. The Bertz CT molecular complexity index is 263. The fourth-order valence-corrected chi connectivity index (χ4v) is 3.09. The average Bonchev–Trinajstić information content (AvgIpc) is 2.55. The third-order valence-corrected chi connectivity index (χ3v) is 5.09. The zero-order chi connectivity index (χ0) is 19.8. The SMILES string of the molecule is CC(C)CCCC(C)CCOCC(O)COCCC(C)CCCC(C)C. The summed E-state index contributed by atoms with van der Waals surface area (Å²) in [5.41, 5.74) is 0. The van der Waals surface area contributed by atoms with E-state index in [0.29, 0.717) is 25.0 Å². The van der Waals surface area contributed by atoms with Crippen LogP contribution in [0.3, 0.4) is 0 Å². The summed E-state index contributed by atoms with van der Waals surface area (Å²) in [6, 6.07) is 0. The summed E-state index contributed by atoms with van der Waals surface area (Å²) >= 11 is 0. The molecule has 2 atom stereocenters. The first-order valence-electron chi connectivity index (χ1n) is 11.1. The molecule has 0 aliphatic rings. The Kier molecular flexibility index (Phi) is 16.9. The predicted octanol–water partition coefficient (Wildman–Crippen LogP) is 6.09. The molecule has 1 N–H and O–H groups in total. The van der Waals surface area contributed by atoms with E-state index in [-0.39, 0.29) is 0 Å². The lowest BCUT2D eigenvalue weighted by Gasteiger charge is -2.16. The molecule has 0 saturated carbocycles. The highest BCUT2D eigenvalue weighted by molar-refractivity contribution is 4.58. The van der Waals surface area contributed by atoms with Crippen LogP contribution in [0.5, 0.6) is 0 Å². The average molecular weight is 373 g/mol. The molecule has 2 unspecified atom stereocenters. The molecule has 0 aliphatic heterocycles. The molecule has 3 heteroatoms. The van der Waals surface area contributed by atoms with Gasteiger partial charge < -0.3 is 14.6 Å². The Hall–Kier alpha value is -0.120. The van der Waals surface area contributed by atoms with Gasteiger partial charge in [-0.25, -0.2) is 0 Å². The molecule has 0 fully saturated rings. The number of hydrogen-bond acceptors (Lipinski definition) is 3. The van der Waals surface area contributed by atoms with Gasteiger partial charge in [0.05, 0.1) is 13.2 Å². The fourth-order valence-electron chi connectivity index (χ4n) is 3.09. The highest BCUT2D eigenvalue weighted by Gasteiger charge is 2.08. The predicted molar refractivity (Wildman–Crippen MR) is 113 cm³/mol. The van der Waals surface area contributed by atoms with Gasteiger partial charge in [-0.3, -0.25) is 0 Å². The van der Waals surface area contributed by atoms with Crippen LogP contribution < -0.4 is 0 Å². The van der Waals surface area contributed by atoms with Crippen LogP contribution in [0.15, 0.2) is 0 Å². The fraction of sp³-hybridized carbons (Fsp3) is 1.00. The molecular formula is C23H48O3. The normalized spacial score (nSPS) is 15.6. The standard InChI is InChI=1S/C23H48O3/c1-19(2)9-7-11-21(5)13-15-25-17-23(24)18-26-16-14-22(6)12-8-10-20(3)4/h19-24H,7-18H2,1-6H3. The third-order valence-electron chi connectivity index (χ3n) is 5.09. The lowest BCUT2D eigenvalue weighted by molar-refractivity contribution is -0.0230. The smallest absolute Gasteiger partial charge is 0.101 e. The zero-order valence-electron chi connectivity index (χ0n) is 18.6. The van der Waals surface area contributed by atoms with Crippen molar-refractivity contribution in [2.45, 2.75) is 99.0 Å². The summed E-state index contributed by atoms with van der Waals surface area (Å²) < 4.78 is 11.2. The van der Waals surface area contributed by atoms with Crippen molar-refractivity contribution in [2.24, 2.45) is 23.7 Å². The Labute approximate surface area is 164 Å². The van der Waals surface area contributed by atoms with E-state index >= 15 is 0 Å². The lowest BCUT2D eigenvalue weighted by atomic mass is 9.98. The molecule has 3 nitrogen and oxygen atoms in total. The van der Waals surface area contributed by atoms with E-state index in [9.17, 15) is 5.11 Å². The van der Waals surface area contributed by atoms with Crippen molar-refractivity contribution >= 4 is 0 Å². The van der Waals surface area contributed by atoms with Crippen LogP contribution in [-0.4, -0.2) is 37.6 Å². The minimum Gasteiger partial charge on any atom is -0.388 e. The maximum absolute atomic E-state index is 9.93. The van der Waals surface area contributed by atoms with Crippen molar-refractivity contribution in [2.75, 3.05) is 26.4 Å². The number of ether oxygens (including phenoxy) is 2. The first kappa shape index (κ1) is 25.9. The van der Waals surface area contributed by atoms with E-state index in [2.05, 4.69) is 41.5 Å². The van der Waals surface area contributed by atoms with Crippen molar-refractivity contribution in [3.8, 4) is 0 Å². The molecule has 0 heterocycles. The Morgan fingerprint density at radius 2 is 0.962 bits per heavy atom. The van der Waals surface area contributed by atoms with Crippen LogP contribution in [0, 0.1) is 23.7 Å². The molecule has 0 aromatic heterocycles. The van der Waals surface area contributed by atoms with Gasteiger partial charge in [-0.05, 0) is 36.5 Å². The molecule has 0 rings (SSSR count). The zero-order valence-corrected chi connectivity index (χ0v) is 18.6. The second kappa shape index (κ2) is 17.0. The molecule has 158 valence electrons. The van der Waals surface area contributed by atoms with E-state index in [4.69, 9.17) is 9.47 Å². The van der Waals surface area contributed by atoms with Crippen molar-refractivity contribution in [3.05, 3.63) is 0 Å². The van der Waals surface area contributed by atoms with Crippen molar-refractivity contribution in [1.82, 2.24) is 0 Å². The summed E-state index contributed by atoms with van der Waals surface area (Å²) in [5, 5.41) is 9.93. The van der Waals surface area contributed by atoms with Gasteiger partial charge in [0.25, 0.3) is 0 Å². The summed E-state index contributed by atoms with van der Waals surface area (Å²) in [4.78, 5) is 0. The van der Waals surface area contributed by atoms with Gasteiger partial charge in [0.2, 0.25) is 0 Å². The van der Waals surface area contributed by atoms with Gasteiger partial charge in [-0.2, -0.15) is 0 Å². The number of rotatable bonds is 18. The molecule has 0 aliphatic carbocycles. The van der Waals surface area contributed by atoms with Gasteiger partial charge in [0.1, 0.15) is 6.10 Å². The van der Waals surface area contributed by atoms with E-state index in [1.54, 1.807) is 0 Å². The summed E-state index contributed by atoms with van der Waals surface area (Å²) in [7, 11) is 0. The first-order chi connectivity index (χ1) is 12.3. The summed E-state index contributed by atoms with van der Waals surface area (Å²) in [6.07, 6.45) is 9.48. The van der Waals surface area contributed by atoms with Crippen LogP contribution >= 0.6 is 0 Å². The number of aliphatic hydroxyl groups is 1. The quantitative estimate of drug-likeness (QED) is 0.296. The first-order valence-corrected chi connectivity index (χ1v) is 11.1. The second-order valence-electron chi connectivity index (χ2n) is 9.24. The largest absolute Gasteiger partial charge is 0.388 e. The van der Waals surface area contributed by atoms with Crippen LogP contribution in [0.25, 0.3) is 0 Å². The van der Waals surface area contributed by atoms with Crippen LogP contribution in [0.4, 0.5) is 0 Å². The van der Waals surface area contributed by atoms with Crippen molar-refractivity contribution < 1.29 is 14.6 Å².